The van der Waals surface area contributed by atoms with Crippen molar-refractivity contribution in [1.82, 2.24) is 24.9 Å². The molecule has 3 aromatic rings. The van der Waals surface area contributed by atoms with Crippen LogP contribution in [0, 0.1) is 5.92 Å². The summed E-state index contributed by atoms with van der Waals surface area (Å²) in [6.45, 7) is 1.04. The second-order valence-electron chi connectivity index (χ2n) is 6.33. The lowest BCUT2D eigenvalue weighted by molar-refractivity contribution is 0.0916. The van der Waals surface area contributed by atoms with Gasteiger partial charge in [0, 0.05) is 44.2 Å². The Morgan fingerprint density at radius 2 is 2.11 bits per heavy atom. The van der Waals surface area contributed by atoms with E-state index in [0.717, 1.165) is 11.5 Å². The number of halogens is 2. The fourth-order valence-corrected chi connectivity index (χ4v) is 3.42. The summed E-state index contributed by atoms with van der Waals surface area (Å²) in [5.74, 6) is 0.261. The second-order valence-corrected chi connectivity index (χ2v) is 7.15. The van der Waals surface area contributed by atoms with Gasteiger partial charge in [-0.2, -0.15) is 0 Å². The molecule has 1 fully saturated rings. The molecule has 27 heavy (non-hydrogen) atoms. The Morgan fingerprint density at radius 1 is 1.26 bits per heavy atom. The maximum absolute atomic E-state index is 12.5. The molecule has 3 aromatic heterocycles. The Labute approximate surface area is 164 Å². The van der Waals surface area contributed by atoms with Gasteiger partial charge in [-0.15, -0.1) is 5.10 Å². The number of amides is 1. The smallest absolute Gasteiger partial charge is 0.270 e. The zero-order valence-corrected chi connectivity index (χ0v) is 15.6. The van der Waals surface area contributed by atoms with Crippen molar-refractivity contribution >= 4 is 40.6 Å². The summed E-state index contributed by atoms with van der Waals surface area (Å²) in [6.07, 6.45) is 4.79. The lowest BCUT2D eigenvalue weighted by Crippen LogP contribution is -2.42. The molecular formula is C17H16Cl2N6O2. The summed E-state index contributed by atoms with van der Waals surface area (Å²) in [7, 11) is 0. The number of pyridine rings is 1. The van der Waals surface area contributed by atoms with Crippen LogP contribution in [0.2, 0.25) is 10.0 Å². The topological polar surface area (TPSA) is 95.7 Å². The molecule has 1 aliphatic heterocycles. The number of aromatic nitrogens is 4. The third-order valence-corrected chi connectivity index (χ3v) is 5.31. The van der Waals surface area contributed by atoms with E-state index in [0.29, 0.717) is 13.1 Å². The van der Waals surface area contributed by atoms with E-state index in [1.807, 2.05) is 17.0 Å². The number of nitrogens with one attached hydrogen (secondary N) is 1. The number of carbonyl (C=O) groups is 1. The molecule has 0 radical (unpaired) electrons. The fourth-order valence-electron chi connectivity index (χ4n) is 3.16. The molecule has 0 aliphatic carbocycles. The molecule has 1 saturated heterocycles. The van der Waals surface area contributed by atoms with Crippen LogP contribution >= 0.6 is 23.2 Å². The van der Waals surface area contributed by atoms with Crippen LogP contribution in [-0.2, 0) is 0 Å². The Kier molecular flexibility index (Phi) is 4.86. The van der Waals surface area contributed by atoms with E-state index in [9.17, 15) is 9.90 Å². The van der Waals surface area contributed by atoms with Gasteiger partial charge in [-0.25, -0.2) is 14.5 Å². The van der Waals surface area contributed by atoms with Crippen molar-refractivity contribution in [3.05, 3.63) is 52.5 Å². The number of anilines is 1. The molecule has 10 heteroatoms. The van der Waals surface area contributed by atoms with E-state index < -0.39 is 0 Å². The van der Waals surface area contributed by atoms with E-state index in [2.05, 4.69) is 20.4 Å². The van der Waals surface area contributed by atoms with Gasteiger partial charge >= 0.3 is 0 Å². The quantitative estimate of drug-likeness (QED) is 0.683. The largest absolute Gasteiger partial charge is 0.396 e. The molecule has 8 nitrogen and oxygen atoms in total. The van der Waals surface area contributed by atoms with Gasteiger partial charge in [-0.1, -0.05) is 23.2 Å². The van der Waals surface area contributed by atoms with Crippen molar-refractivity contribution in [2.75, 3.05) is 24.6 Å². The maximum Gasteiger partial charge on any atom is 0.270 e. The average molecular weight is 407 g/mol. The number of rotatable bonds is 4. The minimum atomic E-state index is -0.364. The van der Waals surface area contributed by atoms with Crippen LogP contribution in [0.5, 0.6) is 0 Å². The molecular weight excluding hydrogens is 391 g/mol. The monoisotopic (exact) mass is 406 g/mol. The molecule has 140 valence electrons. The standard InChI is InChI=1S/C17H16Cl2N6O2/c18-11-5-13(21-6-12(11)19)17(27)22-14-8-24(7-10(14)9-26)16-2-1-15-20-3-4-25(15)23-16/h1-6,10,14,26H,7-9H2,(H,22,27)/t10-,14+/m0/s1. The molecule has 0 unspecified atom stereocenters. The minimum Gasteiger partial charge on any atom is -0.396 e. The van der Waals surface area contributed by atoms with Crippen LogP contribution in [0.4, 0.5) is 5.82 Å². The van der Waals surface area contributed by atoms with Crippen molar-refractivity contribution in [1.29, 1.82) is 0 Å². The second kappa shape index (κ2) is 7.30. The van der Waals surface area contributed by atoms with Crippen LogP contribution in [0.15, 0.2) is 36.8 Å². The van der Waals surface area contributed by atoms with E-state index in [1.165, 1.54) is 12.3 Å². The van der Waals surface area contributed by atoms with Gasteiger partial charge in [0.05, 0.1) is 16.1 Å². The highest BCUT2D eigenvalue weighted by molar-refractivity contribution is 6.42. The third kappa shape index (κ3) is 3.55. The van der Waals surface area contributed by atoms with Crippen molar-refractivity contribution in [2.24, 2.45) is 5.92 Å². The summed E-state index contributed by atoms with van der Waals surface area (Å²) in [6, 6.07) is 4.93. The molecule has 0 aromatic carbocycles. The Morgan fingerprint density at radius 3 is 2.89 bits per heavy atom. The number of hydrogen-bond acceptors (Lipinski definition) is 6. The number of aliphatic hydroxyl groups excluding tert-OH is 1. The summed E-state index contributed by atoms with van der Waals surface area (Å²) < 4.78 is 1.69. The number of hydrogen-bond donors (Lipinski definition) is 2. The molecule has 0 spiro atoms. The molecule has 4 heterocycles. The van der Waals surface area contributed by atoms with E-state index in [4.69, 9.17) is 23.2 Å². The number of fused-ring (bicyclic) bond motifs is 1. The normalized spacial score (nSPS) is 19.6. The number of imidazole rings is 1. The Balaban J connectivity index is 1.50. The van der Waals surface area contributed by atoms with Gasteiger partial charge in [-0.3, -0.25) is 4.79 Å². The molecule has 2 atom stereocenters. The molecule has 0 bridgehead atoms. The summed E-state index contributed by atoms with van der Waals surface area (Å²) in [5.41, 5.74) is 0.935. The lowest BCUT2D eigenvalue weighted by Gasteiger charge is -2.18. The van der Waals surface area contributed by atoms with Crippen molar-refractivity contribution in [3.8, 4) is 0 Å². The van der Waals surface area contributed by atoms with Crippen LogP contribution in [-0.4, -0.2) is 56.3 Å². The average Bonchev–Trinajstić information content (AvgIpc) is 3.29. The van der Waals surface area contributed by atoms with Crippen molar-refractivity contribution in [3.63, 3.8) is 0 Å². The van der Waals surface area contributed by atoms with E-state index in [1.54, 1.807) is 16.9 Å². The lowest BCUT2D eigenvalue weighted by atomic mass is 10.1. The SMILES string of the molecule is O=C(N[C@@H]1CN(c2ccc3nccn3n2)C[C@H]1CO)c1cc(Cl)c(Cl)cn1. The maximum atomic E-state index is 12.5. The molecule has 0 saturated carbocycles. The zero-order chi connectivity index (χ0) is 19.0. The van der Waals surface area contributed by atoms with Crippen molar-refractivity contribution in [2.45, 2.75) is 6.04 Å². The number of aliphatic hydroxyl groups is 1. The number of carbonyl (C=O) groups excluding carboxylic acids is 1. The first-order chi connectivity index (χ1) is 13.0. The summed E-state index contributed by atoms with van der Waals surface area (Å²) in [5, 5.41) is 17.7. The summed E-state index contributed by atoms with van der Waals surface area (Å²) >= 11 is 11.8. The highest BCUT2D eigenvalue weighted by Crippen LogP contribution is 2.24. The molecule has 1 aliphatic rings. The first-order valence-corrected chi connectivity index (χ1v) is 9.09. The molecule has 1 amide bonds. The van der Waals surface area contributed by atoms with Crippen LogP contribution < -0.4 is 10.2 Å². The van der Waals surface area contributed by atoms with Gasteiger partial charge < -0.3 is 15.3 Å². The first-order valence-electron chi connectivity index (χ1n) is 8.33. The van der Waals surface area contributed by atoms with Gasteiger partial charge in [0.15, 0.2) is 5.65 Å². The van der Waals surface area contributed by atoms with Crippen LogP contribution in [0.3, 0.4) is 0 Å². The predicted octanol–water partition coefficient (Wildman–Crippen LogP) is 1.66. The first kappa shape index (κ1) is 18.0. The molecule has 2 N–H and O–H groups in total. The number of nitrogens with zero attached hydrogens (tertiary/aromatic N) is 5. The Bertz CT molecular complexity index is 994. The van der Waals surface area contributed by atoms with Gasteiger partial charge in [0.1, 0.15) is 11.5 Å². The van der Waals surface area contributed by atoms with E-state index >= 15 is 0 Å². The van der Waals surface area contributed by atoms with Gasteiger partial charge in [0.25, 0.3) is 5.91 Å². The van der Waals surface area contributed by atoms with Crippen molar-refractivity contribution < 1.29 is 9.90 Å². The summed E-state index contributed by atoms with van der Waals surface area (Å²) in [4.78, 5) is 22.7. The molecule has 4 rings (SSSR count). The van der Waals surface area contributed by atoms with Gasteiger partial charge in [0.2, 0.25) is 0 Å². The Hall–Kier alpha value is -2.42. The zero-order valence-electron chi connectivity index (χ0n) is 14.1. The predicted molar refractivity (Wildman–Crippen MR) is 101 cm³/mol. The highest BCUT2D eigenvalue weighted by atomic mass is 35.5. The van der Waals surface area contributed by atoms with Gasteiger partial charge in [-0.05, 0) is 18.2 Å². The van der Waals surface area contributed by atoms with Crippen LogP contribution in [0.25, 0.3) is 5.65 Å². The highest BCUT2D eigenvalue weighted by Gasteiger charge is 2.34. The van der Waals surface area contributed by atoms with Crippen LogP contribution in [0.1, 0.15) is 10.5 Å². The van der Waals surface area contributed by atoms with E-state index in [-0.39, 0.29) is 40.2 Å². The fraction of sp³-hybridized carbons (Fsp3) is 0.294. The minimum absolute atomic E-state index is 0.0520. The third-order valence-electron chi connectivity index (χ3n) is 4.60.